The van der Waals surface area contributed by atoms with Crippen molar-refractivity contribution < 1.29 is 14.1 Å². The van der Waals surface area contributed by atoms with Crippen LogP contribution in [0, 0.1) is 17.0 Å². The van der Waals surface area contributed by atoms with E-state index in [0.717, 1.165) is 11.3 Å². The molecule has 0 bridgehead atoms. The van der Waals surface area contributed by atoms with Crippen LogP contribution in [-0.4, -0.2) is 16.0 Å². The lowest BCUT2D eigenvalue weighted by molar-refractivity contribution is -0.384. The number of para-hydroxylation sites is 1. The monoisotopic (exact) mass is 405 g/mol. The van der Waals surface area contributed by atoms with Crippen molar-refractivity contribution in [2.75, 3.05) is 0 Å². The third kappa shape index (κ3) is 4.12. The van der Waals surface area contributed by atoms with E-state index in [-0.39, 0.29) is 11.6 Å². The summed E-state index contributed by atoms with van der Waals surface area (Å²) >= 11 is 1.21. The first-order chi connectivity index (χ1) is 14.0. The first kappa shape index (κ1) is 18.7. The van der Waals surface area contributed by atoms with Crippen molar-refractivity contribution in [3.63, 3.8) is 0 Å². The van der Waals surface area contributed by atoms with E-state index in [0.29, 0.717) is 27.2 Å². The molecule has 0 spiro atoms. The Hall–Kier alpha value is -3.65. The van der Waals surface area contributed by atoms with Crippen LogP contribution in [0.5, 0.6) is 0 Å². The minimum atomic E-state index is -0.454. The molecular weight excluding hydrogens is 390 g/mol. The summed E-state index contributed by atoms with van der Waals surface area (Å²) in [6.07, 6.45) is 1.59. The number of benzene rings is 2. The maximum atomic E-state index is 12.2. The van der Waals surface area contributed by atoms with E-state index in [1.54, 1.807) is 36.4 Å². The van der Waals surface area contributed by atoms with Gasteiger partial charge in [-0.05, 0) is 49.0 Å². The van der Waals surface area contributed by atoms with Gasteiger partial charge in [0.1, 0.15) is 11.5 Å². The van der Waals surface area contributed by atoms with Crippen LogP contribution in [-0.2, 0) is 4.79 Å². The lowest BCUT2D eigenvalue weighted by atomic mass is 10.1. The molecule has 29 heavy (non-hydrogen) atoms. The van der Waals surface area contributed by atoms with Gasteiger partial charge in [0.25, 0.3) is 11.6 Å². The highest BCUT2D eigenvalue weighted by molar-refractivity contribution is 8.18. The van der Waals surface area contributed by atoms with Crippen LogP contribution in [0.4, 0.5) is 11.4 Å². The van der Waals surface area contributed by atoms with Crippen LogP contribution in [0.2, 0.25) is 0 Å². The maximum absolute atomic E-state index is 12.2. The minimum absolute atomic E-state index is 0.0402. The zero-order chi connectivity index (χ0) is 20.4. The Morgan fingerprint density at radius 2 is 1.86 bits per heavy atom. The van der Waals surface area contributed by atoms with Gasteiger partial charge in [-0.15, -0.1) is 0 Å². The summed E-state index contributed by atoms with van der Waals surface area (Å²) < 4.78 is 5.72. The lowest BCUT2D eigenvalue weighted by Crippen LogP contribution is -2.19. The highest BCUT2D eigenvalue weighted by Gasteiger charge is 2.24. The molecule has 1 fully saturated rings. The van der Waals surface area contributed by atoms with Crippen molar-refractivity contribution in [2.45, 2.75) is 6.92 Å². The number of aryl methyl sites for hydroxylation is 1. The molecule has 8 heteroatoms. The highest BCUT2D eigenvalue weighted by atomic mass is 32.2. The summed E-state index contributed by atoms with van der Waals surface area (Å²) in [5.74, 6) is 0.512. The Morgan fingerprint density at radius 3 is 2.62 bits per heavy atom. The van der Waals surface area contributed by atoms with Gasteiger partial charge in [0.15, 0.2) is 5.17 Å². The Balaban J connectivity index is 1.57. The fourth-order valence-corrected chi connectivity index (χ4v) is 3.58. The molecule has 2 heterocycles. The van der Waals surface area contributed by atoms with Crippen LogP contribution >= 0.6 is 11.8 Å². The van der Waals surface area contributed by atoms with Crippen LogP contribution in [0.1, 0.15) is 11.3 Å². The number of hydrogen-bond donors (Lipinski definition) is 1. The summed E-state index contributed by atoms with van der Waals surface area (Å²) in [7, 11) is 0. The summed E-state index contributed by atoms with van der Waals surface area (Å²) in [6, 6.07) is 17.3. The average molecular weight is 405 g/mol. The SMILES string of the molecule is Cc1ccc(N=C2NC(=O)/C(=C\c3ccc(-c4ccccc4[N+](=O)[O-])o3)S2)cc1. The van der Waals surface area contributed by atoms with Crippen LogP contribution in [0.15, 0.2) is 75.0 Å². The first-order valence-corrected chi connectivity index (χ1v) is 9.51. The Morgan fingerprint density at radius 1 is 1.10 bits per heavy atom. The maximum Gasteiger partial charge on any atom is 0.280 e. The number of thioether (sulfide) groups is 1. The molecule has 144 valence electrons. The van der Waals surface area contributed by atoms with Crippen LogP contribution in [0.25, 0.3) is 17.4 Å². The zero-order valence-electron chi connectivity index (χ0n) is 15.3. The summed E-state index contributed by atoms with van der Waals surface area (Å²) in [5.41, 5.74) is 2.22. The fraction of sp³-hybridized carbons (Fsp3) is 0.0476. The molecule has 1 N–H and O–H groups in total. The van der Waals surface area contributed by atoms with Crippen molar-refractivity contribution in [3.8, 4) is 11.3 Å². The fourth-order valence-electron chi connectivity index (χ4n) is 2.76. The molecule has 1 amide bonds. The van der Waals surface area contributed by atoms with Gasteiger partial charge in [-0.25, -0.2) is 4.99 Å². The molecule has 1 aromatic heterocycles. The Bertz CT molecular complexity index is 1160. The number of nitrogens with one attached hydrogen (secondary N) is 1. The smallest absolute Gasteiger partial charge is 0.280 e. The van der Waals surface area contributed by atoms with Gasteiger partial charge in [0, 0.05) is 12.1 Å². The number of nitro benzene ring substituents is 1. The molecule has 7 nitrogen and oxygen atoms in total. The largest absolute Gasteiger partial charge is 0.456 e. The molecule has 0 saturated carbocycles. The van der Waals surface area contributed by atoms with E-state index in [1.165, 1.54) is 17.8 Å². The number of amides is 1. The number of amidine groups is 1. The summed E-state index contributed by atoms with van der Waals surface area (Å²) in [6.45, 7) is 1.99. The van der Waals surface area contributed by atoms with Crippen LogP contribution in [0.3, 0.4) is 0 Å². The minimum Gasteiger partial charge on any atom is -0.456 e. The standard InChI is InChI=1S/C21H15N3O4S/c1-13-6-8-14(9-7-13)22-21-23-20(25)19(29-21)12-15-10-11-18(28-15)16-4-2-3-5-17(16)24(26)27/h2-12H,1H3,(H,22,23,25)/b19-12+. The molecule has 0 radical (unpaired) electrons. The quantitative estimate of drug-likeness (QED) is 0.372. The average Bonchev–Trinajstić information content (AvgIpc) is 3.30. The second kappa shape index (κ2) is 7.76. The van der Waals surface area contributed by atoms with Crippen molar-refractivity contribution in [1.82, 2.24) is 5.32 Å². The lowest BCUT2D eigenvalue weighted by Gasteiger charge is -1.98. The molecule has 1 aliphatic heterocycles. The van der Waals surface area contributed by atoms with Gasteiger partial charge < -0.3 is 9.73 Å². The molecule has 1 saturated heterocycles. The number of nitrogens with zero attached hydrogens (tertiary/aromatic N) is 2. The predicted octanol–water partition coefficient (Wildman–Crippen LogP) is 5.05. The normalized spacial score (nSPS) is 16.4. The molecule has 0 unspecified atom stereocenters. The molecule has 3 aromatic rings. The van der Waals surface area contributed by atoms with Crippen LogP contribution < -0.4 is 5.32 Å². The second-order valence-corrected chi connectivity index (χ2v) is 7.32. The molecule has 2 aromatic carbocycles. The summed E-state index contributed by atoms with van der Waals surface area (Å²) in [4.78, 5) is 27.9. The highest BCUT2D eigenvalue weighted by Crippen LogP contribution is 2.33. The third-order valence-corrected chi connectivity index (χ3v) is 5.09. The number of carbonyl (C=O) groups is 1. The van der Waals surface area contributed by atoms with E-state index in [9.17, 15) is 14.9 Å². The van der Waals surface area contributed by atoms with Crippen molar-refractivity contribution >= 4 is 40.3 Å². The van der Waals surface area contributed by atoms with E-state index in [1.807, 2.05) is 31.2 Å². The van der Waals surface area contributed by atoms with E-state index in [2.05, 4.69) is 10.3 Å². The summed E-state index contributed by atoms with van der Waals surface area (Å²) in [5, 5.41) is 14.4. The molecule has 0 aliphatic carbocycles. The van der Waals surface area contributed by atoms with E-state index >= 15 is 0 Å². The van der Waals surface area contributed by atoms with E-state index in [4.69, 9.17) is 4.42 Å². The number of nitro groups is 1. The van der Waals surface area contributed by atoms with Gasteiger partial charge >= 0.3 is 0 Å². The number of carbonyl (C=O) groups excluding carboxylic acids is 1. The number of hydrogen-bond acceptors (Lipinski definition) is 6. The zero-order valence-corrected chi connectivity index (χ0v) is 16.1. The third-order valence-electron chi connectivity index (χ3n) is 4.18. The van der Waals surface area contributed by atoms with Gasteiger partial charge in [-0.2, -0.15) is 0 Å². The molecule has 1 aliphatic rings. The molecule has 4 rings (SSSR count). The Labute approximate surface area is 170 Å². The Kier molecular flexibility index (Phi) is 5.01. The van der Waals surface area contributed by atoms with Gasteiger partial charge in [0.2, 0.25) is 0 Å². The van der Waals surface area contributed by atoms with E-state index < -0.39 is 4.92 Å². The number of rotatable bonds is 4. The van der Waals surface area contributed by atoms with Gasteiger partial charge in [-0.1, -0.05) is 29.8 Å². The first-order valence-electron chi connectivity index (χ1n) is 8.69. The number of furan rings is 1. The second-order valence-electron chi connectivity index (χ2n) is 6.29. The number of aliphatic imine (C=N–C) groups is 1. The predicted molar refractivity (Wildman–Crippen MR) is 113 cm³/mol. The molecular formula is C21H15N3O4S. The van der Waals surface area contributed by atoms with Crippen molar-refractivity contribution in [3.05, 3.63) is 87.0 Å². The molecule has 0 atom stereocenters. The van der Waals surface area contributed by atoms with Gasteiger partial charge in [0.05, 0.1) is 21.1 Å². The van der Waals surface area contributed by atoms with Crippen molar-refractivity contribution in [1.29, 1.82) is 0 Å². The van der Waals surface area contributed by atoms with Crippen molar-refractivity contribution in [2.24, 2.45) is 4.99 Å². The van der Waals surface area contributed by atoms with Gasteiger partial charge in [-0.3, -0.25) is 14.9 Å². The topological polar surface area (TPSA) is 97.7 Å².